The first kappa shape index (κ1) is 17.6. The number of aromatic nitrogens is 3. The summed E-state index contributed by atoms with van der Waals surface area (Å²) in [4.78, 5) is 23.1. The molecule has 0 bridgehead atoms. The summed E-state index contributed by atoms with van der Waals surface area (Å²) in [6, 6.07) is 9.49. The lowest BCUT2D eigenvalue weighted by Gasteiger charge is -2.28. The molecule has 0 fully saturated rings. The molecule has 1 amide bonds. The molecule has 0 saturated heterocycles. The number of methoxy groups -OCH3 is 1. The molecule has 0 aliphatic rings. The van der Waals surface area contributed by atoms with Crippen LogP contribution in [0.15, 0.2) is 36.5 Å². The minimum absolute atomic E-state index is 0.0568. The van der Waals surface area contributed by atoms with Crippen LogP contribution in [0.4, 0.5) is 0 Å². The number of carbonyl (C=O) groups excluding carboxylic acids is 1. The minimum Gasteiger partial charge on any atom is -0.481 e. The highest BCUT2D eigenvalue weighted by molar-refractivity contribution is 5.78. The zero-order valence-electron chi connectivity index (χ0n) is 13.6. The Morgan fingerprint density at radius 3 is 2.67 bits per heavy atom. The maximum Gasteiger partial charge on any atom is 0.305 e. The van der Waals surface area contributed by atoms with E-state index in [0.29, 0.717) is 5.69 Å². The van der Waals surface area contributed by atoms with Gasteiger partial charge in [0.2, 0.25) is 5.91 Å². The van der Waals surface area contributed by atoms with Gasteiger partial charge in [0.05, 0.1) is 24.8 Å². The highest BCUT2D eigenvalue weighted by Crippen LogP contribution is 2.15. The van der Waals surface area contributed by atoms with Crippen LogP contribution in [0.3, 0.4) is 0 Å². The third-order valence-corrected chi connectivity index (χ3v) is 3.36. The summed E-state index contributed by atoms with van der Waals surface area (Å²) < 4.78 is 6.42. The van der Waals surface area contributed by atoms with Gasteiger partial charge in [-0.1, -0.05) is 35.5 Å². The van der Waals surface area contributed by atoms with Crippen LogP contribution in [0.2, 0.25) is 0 Å². The normalized spacial score (nSPS) is 13.2. The fraction of sp³-hybridized carbons (Fsp3) is 0.375. The predicted octanol–water partition coefficient (Wildman–Crippen LogP) is 0.941. The van der Waals surface area contributed by atoms with Gasteiger partial charge in [-0.25, -0.2) is 4.68 Å². The monoisotopic (exact) mass is 332 g/mol. The molecule has 1 unspecified atom stereocenters. The summed E-state index contributed by atoms with van der Waals surface area (Å²) in [5.41, 5.74) is 0.577. The average molecular weight is 332 g/mol. The molecule has 8 nitrogen and oxygen atoms in total. The first-order valence-corrected chi connectivity index (χ1v) is 7.39. The quantitative estimate of drug-likeness (QED) is 0.745. The van der Waals surface area contributed by atoms with Crippen LogP contribution in [0, 0.1) is 0 Å². The van der Waals surface area contributed by atoms with Crippen molar-refractivity contribution in [3.8, 4) is 11.3 Å². The molecule has 2 rings (SSSR count). The first-order chi connectivity index (χ1) is 11.4. The van der Waals surface area contributed by atoms with Crippen molar-refractivity contribution in [2.45, 2.75) is 25.4 Å². The molecule has 1 aromatic heterocycles. The summed E-state index contributed by atoms with van der Waals surface area (Å²) >= 11 is 0. The maximum absolute atomic E-state index is 12.2. The highest BCUT2D eigenvalue weighted by Gasteiger charge is 2.29. The Morgan fingerprint density at radius 1 is 1.33 bits per heavy atom. The number of aliphatic carboxylic acids is 1. The number of rotatable bonds is 8. The van der Waals surface area contributed by atoms with Gasteiger partial charge >= 0.3 is 5.97 Å². The largest absolute Gasteiger partial charge is 0.481 e. The van der Waals surface area contributed by atoms with Crippen LogP contribution in [-0.4, -0.2) is 51.2 Å². The molecule has 0 spiro atoms. The molecule has 2 N–H and O–H groups in total. The average Bonchev–Trinajstić information content (AvgIpc) is 2.95. The van der Waals surface area contributed by atoms with E-state index in [1.165, 1.54) is 11.8 Å². The molecule has 0 radical (unpaired) electrons. The van der Waals surface area contributed by atoms with E-state index >= 15 is 0 Å². The Balaban J connectivity index is 2.01. The number of amides is 1. The van der Waals surface area contributed by atoms with E-state index in [9.17, 15) is 9.59 Å². The molecule has 0 aliphatic carbocycles. The predicted molar refractivity (Wildman–Crippen MR) is 86.1 cm³/mol. The first-order valence-electron chi connectivity index (χ1n) is 7.39. The van der Waals surface area contributed by atoms with Crippen molar-refractivity contribution in [1.82, 2.24) is 20.3 Å². The number of ether oxygens (including phenoxy) is 1. The van der Waals surface area contributed by atoms with Crippen LogP contribution >= 0.6 is 0 Å². The number of carbonyl (C=O) groups is 2. The molecule has 128 valence electrons. The van der Waals surface area contributed by atoms with Crippen LogP contribution < -0.4 is 5.32 Å². The summed E-state index contributed by atoms with van der Waals surface area (Å²) in [7, 11) is 1.45. The van der Waals surface area contributed by atoms with Gasteiger partial charge in [0.25, 0.3) is 0 Å². The van der Waals surface area contributed by atoms with E-state index < -0.39 is 11.5 Å². The SMILES string of the molecule is COCC(C)(CC(=O)O)NC(=O)Cn1cc(-c2ccccc2)nn1. The number of benzene rings is 1. The van der Waals surface area contributed by atoms with Gasteiger partial charge in [-0.3, -0.25) is 9.59 Å². The fourth-order valence-corrected chi connectivity index (χ4v) is 2.42. The van der Waals surface area contributed by atoms with Crippen LogP contribution in [-0.2, 0) is 20.9 Å². The number of nitrogens with zero attached hydrogens (tertiary/aromatic N) is 3. The summed E-state index contributed by atoms with van der Waals surface area (Å²) in [5.74, 6) is -1.37. The van der Waals surface area contributed by atoms with Crippen molar-refractivity contribution in [2.24, 2.45) is 0 Å². The Bertz CT molecular complexity index is 701. The van der Waals surface area contributed by atoms with Crippen molar-refractivity contribution in [2.75, 3.05) is 13.7 Å². The summed E-state index contributed by atoms with van der Waals surface area (Å²) in [6.07, 6.45) is 1.43. The summed E-state index contributed by atoms with van der Waals surface area (Å²) in [5, 5.41) is 19.6. The van der Waals surface area contributed by atoms with Gasteiger partial charge in [-0.2, -0.15) is 0 Å². The van der Waals surface area contributed by atoms with Gasteiger partial charge in [0.15, 0.2) is 0 Å². The van der Waals surface area contributed by atoms with E-state index in [1.807, 2.05) is 30.3 Å². The highest BCUT2D eigenvalue weighted by atomic mass is 16.5. The standard InChI is InChI=1S/C16H20N4O4/c1-16(11-24-2,8-15(22)23)17-14(21)10-20-9-13(18-19-20)12-6-4-3-5-7-12/h3-7,9H,8,10-11H2,1-2H3,(H,17,21)(H,22,23). The zero-order valence-corrected chi connectivity index (χ0v) is 13.6. The van der Waals surface area contributed by atoms with E-state index in [4.69, 9.17) is 9.84 Å². The number of carboxylic acid groups (broad SMARTS) is 1. The second-order valence-corrected chi connectivity index (χ2v) is 5.78. The lowest BCUT2D eigenvalue weighted by molar-refractivity contribution is -0.139. The van der Waals surface area contributed by atoms with E-state index in [0.717, 1.165) is 5.56 Å². The molecule has 1 heterocycles. The third-order valence-electron chi connectivity index (χ3n) is 3.36. The second-order valence-electron chi connectivity index (χ2n) is 5.78. The number of hydrogen-bond donors (Lipinski definition) is 2. The molecule has 0 aliphatic heterocycles. The Labute approximate surface area is 139 Å². The van der Waals surface area contributed by atoms with Crippen molar-refractivity contribution < 1.29 is 19.4 Å². The molecule has 24 heavy (non-hydrogen) atoms. The van der Waals surface area contributed by atoms with Gasteiger partial charge in [-0.15, -0.1) is 5.10 Å². The lowest BCUT2D eigenvalue weighted by atomic mass is 9.99. The molecule has 0 saturated carbocycles. The minimum atomic E-state index is -1.01. The number of nitrogens with one attached hydrogen (secondary N) is 1. The van der Waals surface area contributed by atoms with Crippen molar-refractivity contribution >= 4 is 11.9 Å². The fourth-order valence-electron chi connectivity index (χ4n) is 2.42. The lowest BCUT2D eigenvalue weighted by Crippen LogP contribution is -2.51. The third kappa shape index (κ3) is 4.88. The van der Waals surface area contributed by atoms with E-state index in [1.54, 1.807) is 13.1 Å². The van der Waals surface area contributed by atoms with Crippen molar-refractivity contribution in [1.29, 1.82) is 0 Å². The molecule has 8 heteroatoms. The number of carboxylic acids is 1. The van der Waals surface area contributed by atoms with Gasteiger partial charge < -0.3 is 15.2 Å². The Kier molecular flexibility index (Phi) is 5.64. The van der Waals surface area contributed by atoms with Gasteiger partial charge in [-0.05, 0) is 6.92 Å². The summed E-state index contributed by atoms with van der Waals surface area (Å²) in [6.45, 7) is 1.66. The smallest absolute Gasteiger partial charge is 0.305 e. The van der Waals surface area contributed by atoms with Crippen molar-refractivity contribution in [3.63, 3.8) is 0 Å². The second kappa shape index (κ2) is 7.69. The van der Waals surface area contributed by atoms with Crippen LogP contribution in [0.1, 0.15) is 13.3 Å². The van der Waals surface area contributed by atoms with Gasteiger partial charge in [0.1, 0.15) is 12.2 Å². The number of hydrogen-bond acceptors (Lipinski definition) is 5. The topological polar surface area (TPSA) is 106 Å². The van der Waals surface area contributed by atoms with Crippen LogP contribution in [0.5, 0.6) is 0 Å². The zero-order chi connectivity index (χ0) is 17.6. The van der Waals surface area contributed by atoms with Crippen molar-refractivity contribution in [3.05, 3.63) is 36.5 Å². The van der Waals surface area contributed by atoms with Gasteiger partial charge in [0, 0.05) is 12.7 Å². The van der Waals surface area contributed by atoms with E-state index in [2.05, 4.69) is 15.6 Å². The molecular formula is C16H20N4O4. The molecule has 1 atom stereocenters. The van der Waals surface area contributed by atoms with Crippen LogP contribution in [0.25, 0.3) is 11.3 Å². The van der Waals surface area contributed by atoms with E-state index in [-0.39, 0.29) is 25.5 Å². The maximum atomic E-state index is 12.2. The molecular weight excluding hydrogens is 312 g/mol. The molecule has 2 aromatic rings. The Morgan fingerprint density at radius 2 is 2.04 bits per heavy atom. The Hall–Kier alpha value is -2.74. The molecule has 1 aromatic carbocycles.